The van der Waals surface area contributed by atoms with Gasteiger partial charge < -0.3 is 14.8 Å². The van der Waals surface area contributed by atoms with Gasteiger partial charge in [-0.05, 0) is 49.7 Å². The minimum atomic E-state index is -0.948. The van der Waals surface area contributed by atoms with E-state index in [0.717, 1.165) is 17.7 Å². The molecule has 0 aliphatic heterocycles. The van der Waals surface area contributed by atoms with Crippen molar-refractivity contribution in [3.05, 3.63) is 53.6 Å². The Morgan fingerprint density at radius 2 is 1.91 bits per heavy atom. The molecule has 2 aromatic carbocycles. The van der Waals surface area contributed by atoms with Gasteiger partial charge in [0.15, 0.2) is 17.7 Å². The Kier molecular flexibility index (Phi) is 5.16. The summed E-state index contributed by atoms with van der Waals surface area (Å²) in [6.07, 6.45) is -0.948. The van der Waals surface area contributed by atoms with Crippen LogP contribution in [-0.4, -0.2) is 19.1 Å². The molecule has 6 heteroatoms. The van der Waals surface area contributed by atoms with Crippen molar-refractivity contribution >= 4 is 11.6 Å². The molecule has 0 saturated carbocycles. The highest BCUT2D eigenvalue weighted by molar-refractivity contribution is 5.94. The molecule has 0 spiro atoms. The summed E-state index contributed by atoms with van der Waals surface area (Å²) in [5, 5.41) is 2.70. The lowest BCUT2D eigenvalue weighted by molar-refractivity contribution is -0.122. The fourth-order valence-corrected chi connectivity index (χ4v) is 1.95. The highest BCUT2D eigenvalue weighted by Gasteiger charge is 2.18. The van der Waals surface area contributed by atoms with Gasteiger partial charge in [-0.15, -0.1) is 0 Å². The Morgan fingerprint density at radius 3 is 2.52 bits per heavy atom. The zero-order chi connectivity index (χ0) is 17.0. The van der Waals surface area contributed by atoms with Gasteiger partial charge in [0.2, 0.25) is 0 Å². The summed E-state index contributed by atoms with van der Waals surface area (Å²) < 4.78 is 36.7. The molecule has 2 rings (SSSR count). The molecule has 1 atom stereocenters. The first-order valence-corrected chi connectivity index (χ1v) is 6.98. The first-order chi connectivity index (χ1) is 10.9. The van der Waals surface area contributed by atoms with Crippen LogP contribution in [0.25, 0.3) is 0 Å². The Bertz CT molecular complexity index is 719. The van der Waals surface area contributed by atoms with Gasteiger partial charge >= 0.3 is 0 Å². The predicted molar refractivity (Wildman–Crippen MR) is 82.8 cm³/mol. The summed E-state index contributed by atoms with van der Waals surface area (Å²) in [7, 11) is 1.56. The summed E-state index contributed by atoms with van der Waals surface area (Å²) in [4.78, 5) is 12.1. The van der Waals surface area contributed by atoms with Gasteiger partial charge in [0.25, 0.3) is 5.91 Å². The Balaban J connectivity index is 2.05. The second-order valence-electron chi connectivity index (χ2n) is 5.00. The van der Waals surface area contributed by atoms with Crippen molar-refractivity contribution in [3.8, 4) is 11.5 Å². The lowest BCUT2D eigenvalue weighted by Crippen LogP contribution is -2.30. The molecular formula is C17H17F2NO3. The van der Waals surface area contributed by atoms with Crippen molar-refractivity contribution in [1.29, 1.82) is 0 Å². The fourth-order valence-electron chi connectivity index (χ4n) is 1.95. The van der Waals surface area contributed by atoms with E-state index in [0.29, 0.717) is 17.5 Å². The highest BCUT2D eigenvalue weighted by Crippen LogP contribution is 2.22. The van der Waals surface area contributed by atoms with E-state index in [1.54, 1.807) is 25.3 Å². The lowest BCUT2D eigenvalue weighted by Gasteiger charge is -2.16. The maximum absolute atomic E-state index is 13.5. The lowest BCUT2D eigenvalue weighted by atomic mass is 10.2. The van der Waals surface area contributed by atoms with Crippen LogP contribution in [0.3, 0.4) is 0 Å². The second kappa shape index (κ2) is 7.09. The third kappa shape index (κ3) is 4.18. The first kappa shape index (κ1) is 16.7. The standard InChI is InChI=1S/C17H17F2NO3/c1-10-8-13(22-3)5-6-15(10)20-17(21)11(2)23-16-7-4-12(18)9-14(16)19/h4-9,11H,1-3H3,(H,20,21)/t11-/m1/s1. The molecule has 0 heterocycles. The Hall–Kier alpha value is -2.63. The summed E-state index contributed by atoms with van der Waals surface area (Å²) in [5.41, 5.74) is 1.42. The van der Waals surface area contributed by atoms with Crippen molar-refractivity contribution < 1.29 is 23.0 Å². The Labute approximate surface area is 133 Å². The van der Waals surface area contributed by atoms with Gasteiger partial charge in [-0.3, -0.25) is 4.79 Å². The van der Waals surface area contributed by atoms with Gasteiger partial charge in [0.05, 0.1) is 7.11 Å². The number of hydrogen-bond acceptors (Lipinski definition) is 3. The minimum Gasteiger partial charge on any atom is -0.497 e. The van der Waals surface area contributed by atoms with Crippen molar-refractivity contribution in [2.45, 2.75) is 20.0 Å². The van der Waals surface area contributed by atoms with Gasteiger partial charge in [-0.2, -0.15) is 0 Å². The normalized spacial score (nSPS) is 11.7. The Morgan fingerprint density at radius 1 is 1.17 bits per heavy atom. The zero-order valence-electron chi connectivity index (χ0n) is 13.0. The summed E-state index contributed by atoms with van der Waals surface area (Å²) in [6, 6.07) is 8.11. The van der Waals surface area contributed by atoms with Gasteiger partial charge in [0, 0.05) is 11.8 Å². The van der Waals surface area contributed by atoms with E-state index >= 15 is 0 Å². The number of methoxy groups -OCH3 is 1. The van der Waals surface area contributed by atoms with E-state index in [4.69, 9.17) is 9.47 Å². The number of amides is 1. The van der Waals surface area contributed by atoms with E-state index in [2.05, 4.69) is 5.32 Å². The number of benzene rings is 2. The van der Waals surface area contributed by atoms with E-state index in [1.807, 2.05) is 6.92 Å². The fraction of sp³-hybridized carbons (Fsp3) is 0.235. The van der Waals surface area contributed by atoms with Crippen LogP contribution in [0.1, 0.15) is 12.5 Å². The number of carbonyl (C=O) groups excluding carboxylic acids is 1. The topological polar surface area (TPSA) is 47.6 Å². The highest BCUT2D eigenvalue weighted by atomic mass is 19.1. The van der Waals surface area contributed by atoms with E-state index in [9.17, 15) is 13.6 Å². The molecule has 0 radical (unpaired) electrons. The zero-order valence-corrected chi connectivity index (χ0v) is 13.0. The van der Waals surface area contributed by atoms with Crippen molar-refractivity contribution in [3.63, 3.8) is 0 Å². The average molecular weight is 321 g/mol. The number of carbonyl (C=O) groups is 1. The molecule has 1 amide bonds. The van der Waals surface area contributed by atoms with E-state index < -0.39 is 23.6 Å². The molecule has 0 bridgehead atoms. The maximum atomic E-state index is 13.5. The van der Waals surface area contributed by atoms with Crippen molar-refractivity contribution in [2.75, 3.05) is 12.4 Å². The number of hydrogen-bond donors (Lipinski definition) is 1. The molecular weight excluding hydrogens is 304 g/mol. The molecule has 122 valence electrons. The van der Waals surface area contributed by atoms with Crippen LogP contribution in [0.2, 0.25) is 0 Å². The molecule has 0 aliphatic rings. The molecule has 1 N–H and O–H groups in total. The van der Waals surface area contributed by atoms with Crippen LogP contribution >= 0.6 is 0 Å². The van der Waals surface area contributed by atoms with Crippen molar-refractivity contribution in [1.82, 2.24) is 0 Å². The SMILES string of the molecule is COc1ccc(NC(=O)[C@@H](C)Oc2ccc(F)cc2F)c(C)c1. The van der Waals surface area contributed by atoms with Crippen LogP contribution in [-0.2, 0) is 4.79 Å². The molecule has 0 saturated heterocycles. The molecule has 0 fully saturated rings. The third-order valence-electron chi connectivity index (χ3n) is 3.26. The molecule has 0 aromatic heterocycles. The van der Waals surface area contributed by atoms with Crippen LogP contribution in [0.5, 0.6) is 11.5 Å². The average Bonchev–Trinajstić information content (AvgIpc) is 2.51. The van der Waals surface area contributed by atoms with E-state index in [-0.39, 0.29) is 5.75 Å². The van der Waals surface area contributed by atoms with E-state index in [1.165, 1.54) is 6.92 Å². The molecule has 4 nitrogen and oxygen atoms in total. The van der Waals surface area contributed by atoms with Gasteiger partial charge in [-0.25, -0.2) is 8.78 Å². The predicted octanol–water partition coefficient (Wildman–Crippen LogP) is 3.69. The van der Waals surface area contributed by atoms with Crippen LogP contribution in [0.15, 0.2) is 36.4 Å². The monoisotopic (exact) mass is 321 g/mol. The van der Waals surface area contributed by atoms with Gasteiger partial charge in [-0.1, -0.05) is 0 Å². The number of anilines is 1. The molecule has 23 heavy (non-hydrogen) atoms. The number of nitrogens with one attached hydrogen (secondary N) is 1. The van der Waals surface area contributed by atoms with Gasteiger partial charge in [0.1, 0.15) is 11.6 Å². The van der Waals surface area contributed by atoms with Crippen molar-refractivity contribution in [2.24, 2.45) is 0 Å². The summed E-state index contributed by atoms with van der Waals surface area (Å²) in [6.45, 7) is 3.31. The first-order valence-electron chi connectivity index (χ1n) is 6.98. The summed E-state index contributed by atoms with van der Waals surface area (Å²) in [5.74, 6) is -1.51. The largest absolute Gasteiger partial charge is 0.497 e. The maximum Gasteiger partial charge on any atom is 0.265 e. The number of rotatable bonds is 5. The van der Waals surface area contributed by atoms with Crippen LogP contribution in [0, 0.1) is 18.6 Å². The second-order valence-corrected chi connectivity index (χ2v) is 5.00. The number of aryl methyl sites for hydroxylation is 1. The smallest absolute Gasteiger partial charge is 0.265 e. The molecule has 0 unspecified atom stereocenters. The third-order valence-corrected chi connectivity index (χ3v) is 3.26. The number of ether oxygens (including phenoxy) is 2. The molecule has 0 aliphatic carbocycles. The molecule has 2 aromatic rings. The quantitative estimate of drug-likeness (QED) is 0.914. The van der Waals surface area contributed by atoms with Crippen LogP contribution < -0.4 is 14.8 Å². The number of halogens is 2. The van der Waals surface area contributed by atoms with Crippen LogP contribution in [0.4, 0.5) is 14.5 Å². The minimum absolute atomic E-state index is 0.180. The summed E-state index contributed by atoms with van der Waals surface area (Å²) >= 11 is 0.